The fourth-order valence-corrected chi connectivity index (χ4v) is 3.17. The summed E-state index contributed by atoms with van der Waals surface area (Å²) in [7, 11) is 0. The number of aryl methyl sites for hydroxylation is 1. The minimum absolute atomic E-state index is 0.0114. The maximum atomic E-state index is 14.9. The predicted molar refractivity (Wildman–Crippen MR) is 92.8 cm³/mol. The molecule has 7 heteroatoms. The third-order valence-electron chi connectivity index (χ3n) is 4.53. The van der Waals surface area contributed by atoms with Gasteiger partial charge in [-0.15, -0.1) is 0 Å². The number of rotatable bonds is 4. The summed E-state index contributed by atoms with van der Waals surface area (Å²) in [5, 5.41) is 0.276. The van der Waals surface area contributed by atoms with Gasteiger partial charge in [-0.3, -0.25) is 0 Å². The Balaban J connectivity index is 2.16. The molecule has 0 atom stereocenters. The molecule has 0 bridgehead atoms. The van der Waals surface area contributed by atoms with E-state index >= 15 is 0 Å². The largest absolute Gasteiger partial charge is 0.422 e. The molecule has 0 fully saturated rings. The van der Waals surface area contributed by atoms with E-state index in [1.807, 2.05) is 6.92 Å². The molecule has 3 aromatic carbocycles. The van der Waals surface area contributed by atoms with Gasteiger partial charge in [-0.2, -0.15) is 13.2 Å². The monoisotopic (exact) mass is 400 g/mol. The van der Waals surface area contributed by atoms with Gasteiger partial charge in [-0.25, -0.2) is 17.6 Å². The van der Waals surface area contributed by atoms with Gasteiger partial charge in [-0.05, 0) is 47.6 Å². The van der Waals surface area contributed by atoms with Crippen LogP contribution in [0.25, 0.3) is 21.9 Å². The van der Waals surface area contributed by atoms with E-state index < -0.39 is 46.1 Å². The minimum atomic E-state index is -5.26. The van der Waals surface area contributed by atoms with Crippen LogP contribution in [0.5, 0.6) is 0 Å². The number of benzene rings is 3. The number of alkyl halides is 3. The molecule has 3 aromatic rings. The summed E-state index contributed by atoms with van der Waals surface area (Å²) < 4.78 is 95.2. The van der Waals surface area contributed by atoms with Crippen molar-refractivity contribution in [3.05, 3.63) is 70.8 Å². The fraction of sp³-hybridized carbons (Fsp3) is 0.238. The lowest BCUT2D eigenvalue weighted by molar-refractivity contribution is -0.142. The highest BCUT2D eigenvalue weighted by Gasteiger charge is 2.38. The van der Waals surface area contributed by atoms with Gasteiger partial charge < -0.3 is 0 Å². The van der Waals surface area contributed by atoms with Crippen molar-refractivity contribution in [2.24, 2.45) is 0 Å². The van der Waals surface area contributed by atoms with Gasteiger partial charge in [0.05, 0.1) is 5.56 Å². The Morgan fingerprint density at radius 2 is 1.46 bits per heavy atom. The molecule has 0 nitrogen and oxygen atoms in total. The van der Waals surface area contributed by atoms with Crippen LogP contribution in [0, 0.1) is 23.3 Å². The summed E-state index contributed by atoms with van der Waals surface area (Å²) in [5.41, 5.74) is -2.64. The minimum Gasteiger partial charge on any atom is -0.206 e. The molecule has 28 heavy (non-hydrogen) atoms. The first-order chi connectivity index (χ1) is 13.1. The van der Waals surface area contributed by atoms with E-state index in [0.29, 0.717) is 0 Å². The molecule has 0 unspecified atom stereocenters. The predicted octanol–water partition coefficient (Wildman–Crippen LogP) is 7.42. The lowest BCUT2D eigenvalue weighted by Crippen LogP contribution is -2.11. The summed E-state index contributed by atoms with van der Waals surface area (Å²) in [6.07, 6.45) is -2.68. The highest BCUT2D eigenvalue weighted by molar-refractivity contribution is 5.89. The number of halogens is 7. The average molecular weight is 400 g/mol. The van der Waals surface area contributed by atoms with E-state index in [9.17, 15) is 30.7 Å². The summed E-state index contributed by atoms with van der Waals surface area (Å²) in [6, 6.07) is 6.29. The first-order valence-corrected chi connectivity index (χ1v) is 8.60. The Bertz CT molecular complexity index is 1010. The number of hydrogen-bond acceptors (Lipinski definition) is 0. The molecule has 0 saturated heterocycles. The Kier molecular flexibility index (Phi) is 5.37. The van der Waals surface area contributed by atoms with Crippen molar-refractivity contribution < 1.29 is 30.7 Å². The number of fused-ring (bicyclic) bond motifs is 1. The average Bonchev–Trinajstić information content (AvgIpc) is 2.57. The van der Waals surface area contributed by atoms with Gasteiger partial charge in [0.1, 0.15) is 28.8 Å². The molecule has 0 aliphatic heterocycles. The van der Waals surface area contributed by atoms with E-state index in [-0.39, 0.29) is 22.9 Å². The van der Waals surface area contributed by atoms with E-state index in [2.05, 4.69) is 0 Å². The smallest absolute Gasteiger partial charge is 0.206 e. The third-order valence-corrected chi connectivity index (χ3v) is 4.53. The topological polar surface area (TPSA) is 0 Å². The zero-order chi connectivity index (χ0) is 20.6. The second kappa shape index (κ2) is 7.45. The quantitative estimate of drug-likeness (QED) is 0.400. The summed E-state index contributed by atoms with van der Waals surface area (Å²) in [5.74, 6) is -6.07. The maximum Gasteiger partial charge on any atom is 0.422 e. The van der Waals surface area contributed by atoms with Crippen molar-refractivity contribution in [2.75, 3.05) is 0 Å². The van der Waals surface area contributed by atoms with Crippen LogP contribution in [-0.4, -0.2) is 0 Å². The van der Waals surface area contributed by atoms with E-state index in [1.54, 1.807) is 12.1 Å². The Labute approximate surface area is 156 Å². The molecule has 3 rings (SSSR count). The van der Waals surface area contributed by atoms with E-state index in [0.717, 1.165) is 30.9 Å². The van der Waals surface area contributed by atoms with Gasteiger partial charge in [-0.1, -0.05) is 31.5 Å². The zero-order valence-electron chi connectivity index (χ0n) is 14.7. The Morgan fingerprint density at radius 1 is 0.821 bits per heavy atom. The fourth-order valence-electron chi connectivity index (χ4n) is 3.17. The van der Waals surface area contributed by atoms with Gasteiger partial charge in [0.15, 0.2) is 0 Å². The van der Waals surface area contributed by atoms with Crippen LogP contribution in [-0.2, 0) is 12.6 Å². The molecule has 0 amide bonds. The van der Waals surface area contributed by atoms with E-state index in [4.69, 9.17) is 0 Å². The molecule has 0 saturated carbocycles. The molecule has 148 valence electrons. The van der Waals surface area contributed by atoms with Crippen molar-refractivity contribution in [1.82, 2.24) is 0 Å². The third kappa shape index (κ3) is 3.70. The lowest BCUT2D eigenvalue weighted by Gasteiger charge is -2.13. The molecule has 0 radical (unpaired) electrons. The highest BCUT2D eigenvalue weighted by atomic mass is 19.4. The van der Waals surface area contributed by atoms with Crippen molar-refractivity contribution in [3.8, 4) is 11.1 Å². The van der Waals surface area contributed by atoms with Crippen LogP contribution >= 0.6 is 0 Å². The van der Waals surface area contributed by atoms with Crippen molar-refractivity contribution in [1.29, 1.82) is 0 Å². The van der Waals surface area contributed by atoms with Crippen LogP contribution in [0.4, 0.5) is 30.7 Å². The zero-order valence-corrected chi connectivity index (χ0v) is 14.7. The molecular weight excluding hydrogens is 385 g/mol. The second-order valence-electron chi connectivity index (χ2n) is 6.52. The second-order valence-corrected chi connectivity index (χ2v) is 6.52. The van der Waals surface area contributed by atoms with Gasteiger partial charge in [0, 0.05) is 5.39 Å². The Hall–Kier alpha value is -2.57. The standard InChI is InChI=1S/C21H15F7/c1-2-3-4-11-5-6-14-12(7-11)8-15(22)18(20(14)25)13-9-16(23)19(17(24)10-13)21(26,27)28/h5-10H,2-4H2,1H3. The highest BCUT2D eigenvalue weighted by Crippen LogP contribution is 2.38. The molecular formula is C21H15F7. The summed E-state index contributed by atoms with van der Waals surface area (Å²) in [6.45, 7) is 2.01. The molecule has 0 heterocycles. The van der Waals surface area contributed by atoms with Gasteiger partial charge in [0.2, 0.25) is 0 Å². The molecule has 0 spiro atoms. The SMILES string of the molecule is CCCCc1ccc2c(F)c(-c3cc(F)c(C(F)(F)F)c(F)c3)c(F)cc2c1. The normalized spacial score (nSPS) is 12.0. The first-order valence-electron chi connectivity index (χ1n) is 8.60. The van der Waals surface area contributed by atoms with Crippen LogP contribution in [0.1, 0.15) is 30.9 Å². The first kappa shape index (κ1) is 20.2. The van der Waals surface area contributed by atoms with Crippen molar-refractivity contribution in [3.63, 3.8) is 0 Å². The lowest BCUT2D eigenvalue weighted by atomic mass is 9.96. The number of hydrogen-bond donors (Lipinski definition) is 0. The maximum absolute atomic E-state index is 14.9. The van der Waals surface area contributed by atoms with Crippen LogP contribution in [0.3, 0.4) is 0 Å². The molecule has 0 aromatic heterocycles. The van der Waals surface area contributed by atoms with Crippen molar-refractivity contribution >= 4 is 10.8 Å². The van der Waals surface area contributed by atoms with E-state index in [1.165, 1.54) is 6.07 Å². The molecule has 0 aliphatic rings. The Morgan fingerprint density at radius 3 is 2.04 bits per heavy atom. The van der Waals surface area contributed by atoms with Crippen molar-refractivity contribution in [2.45, 2.75) is 32.4 Å². The summed E-state index contributed by atoms with van der Waals surface area (Å²) >= 11 is 0. The van der Waals surface area contributed by atoms with Gasteiger partial charge >= 0.3 is 6.18 Å². The number of unbranched alkanes of at least 4 members (excludes halogenated alkanes) is 1. The van der Waals surface area contributed by atoms with Gasteiger partial charge in [0.25, 0.3) is 0 Å². The van der Waals surface area contributed by atoms with Crippen LogP contribution in [0.2, 0.25) is 0 Å². The van der Waals surface area contributed by atoms with Crippen LogP contribution < -0.4 is 0 Å². The van der Waals surface area contributed by atoms with Crippen LogP contribution in [0.15, 0.2) is 36.4 Å². The molecule has 0 N–H and O–H groups in total. The summed E-state index contributed by atoms with van der Waals surface area (Å²) in [4.78, 5) is 0. The molecule has 0 aliphatic carbocycles.